The van der Waals surface area contributed by atoms with Crippen molar-refractivity contribution < 1.29 is 18.3 Å². The molecular weight excluding hydrogens is 357 g/mol. The Morgan fingerprint density at radius 1 is 1.19 bits per heavy atom. The molecule has 0 spiro atoms. The van der Waals surface area contributed by atoms with Crippen molar-refractivity contribution >= 4 is 23.4 Å². The molecule has 3 aromatic rings. The van der Waals surface area contributed by atoms with Gasteiger partial charge in [0.2, 0.25) is 11.8 Å². The second-order valence-corrected chi connectivity index (χ2v) is 6.62. The highest BCUT2D eigenvalue weighted by molar-refractivity contribution is 8.00. The molecule has 0 radical (unpaired) electrons. The Morgan fingerprint density at radius 2 is 1.92 bits per heavy atom. The topological polar surface area (TPSA) is 77.2 Å². The van der Waals surface area contributed by atoms with Gasteiger partial charge in [-0.25, -0.2) is 4.39 Å². The maximum absolute atomic E-state index is 13.6. The molecule has 0 fully saturated rings. The number of benzene rings is 2. The van der Waals surface area contributed by atoms with Crippen LogP contribution in [0, 0.1) is 5.82 Å². The zero-order chi connectivity index (χ0) is 18.5. The molecule has 3 rings (SSSR count). The summed E-state index contributed by atoms with van der Waals surface area (Å²) in [6.07, 6.45) is 0. The number of ether oxygens (including phenoxy) is 1. The van der Waals surface area contributed by atoms with Gasteiger partial charge in [0, 0.05) is 5.56 Å². The van der Waals surface area contributed by atoms with Crippen molar-refractivity contribution in [2.45, 2.75) is 17.4 Å². The van der Waals surface area contributed by atoms with Crippen molar-refractivity contribution in [1.82, 2.24) is 10.2 Å². The van der Waals surface area contributed by atoms with Gasteiger partial charge in [0.1, 0.15) is 11.6 Å². The van der Waals surface area contributed by atoms with E-state index in [2.05, 4.69) is 15.5 Å². The first-order chi connectivity index (χ1) is 12.6. The monoisotopic (exact) mass is 373 g/mol. The minimum Gasteiger partial charge on any atom is -0.497 e. The van der Waals surface area contributed by atoms with Gasteiger partial charge < -0.3 is 14.5 Å². The van der Waals surface area contributed by atoms with Crippen LogP contribution in [0.3, 0.4) is 0 Å². The van der Waals surface area contributed by atoms with E-state index in [1.54, 1.807) is 50.4 Å². The molecule has 1 heterocycles. The number of methoxy groups -OCH3 is 1. The van der Waals surface area contributed by atoms with Crippen LogP contribution >= 0.6 is 11.8 Å². The van der Waals surface area contributed by atoms with E-state index in [4.69, 9.17) is 9.15 Å². The Balaban J connectivity index is 1.64. The average molecular weight is 373 g/mol. The number of nitrogens with one attached hydrogen (secondary N) is 1. The number of carbonyl (C=O) groups is 1. The molecule has 0 saturated carbocycles. The predicted molar refractivity (Wildman–Crippen MR) is 96.6 cm³/mol. The second kappa shape index (κ2) is 8.01. The zero-order valence-electron chi connectivity index (χ0n) is 14.1. The zero-order valence-corrected chi connectivity index (χ0v) is 14.9. The number of halogens is 1. The largest absolute Gasteiger partial charge is 0.497 e. The number of aromatic nitrogens is 2. The molecule has 26 heavy (non-hydrogen) atoms. The van der Waals surface area contributed by atoms with Crippen molar-refractivity contribution in [1.29, 1.82) is 0 Å². The highest BCUT2D eigenvalue weighted by Gasteiger charge is 2.19. The summed E-state index contributed by atoms with van der Waals surface area (Å²) >= 11 is 1.10. The summed E-state index contributed by atoms with van der Waals surface area (Å²) in [6, 6.07) is 13.2. The third-order valence-corrected chi connectivity index (χ3v) is 4.46. The van der Waals surface area contributed by atoms with Gasteiger partial charge in [0.25, 0.3) is 5.22 Å². The van der Waals surface area contributed by atoms with Crippen molar-refractivity contribution in [2.75, 3.05) is 12.4 Å². The number of rotatable bonds is 6. The van der Waals surface area contributed by atoms with Gasteiger partial charge in [0.15, 0.2) is 0 Å². The van der Waals surface area contributed by atoms with Gasteiger partial charge in [-0.2, -0.15) is 0 Å². The fourth-order valence-corrected chi connectivity index (χ4v) is 2.79. The van der Waals surface area contributed by atoms with Crippen LogP contribution in [0.4, 0.5) is 10.1 Å². The van der Waals surface area contributed by atoms with Crippen LogP contribution in [0.1, 0.15) is 6.92 Å². The number of amides is 1. The third kappa shape index (κ3) is 4.20. The minimum atomic E-state index is -0.543. The van der Waals surface area contributed by atoms with Gasteiger partial charge in [-0.3, -0.25) is 4.79 Å². The van der Waals surface area contributed by atoms with Gasteiger partial charge >= 0.3 is 0 Å². The lowest BCUT2D eigenvalue weighted by molar-refractivity contribution is -0.115. The summed E-state index contributed by atoms with van der Waals surface area (Å²) < 4.78 is 24.3. The molecule has 0 aliphatic rings. The smallest absolute Gasteiger partial charge is 0.277 e. The first-order valence-corrected chi connectivity index (χ1v) is 8.65. The van der Waals surface area contributed by atoms with Crippen molar-refractivity contribution in [2.24, 2.45) is 0 Å². The minimum absolute atomic E-state index is 0.134. The van der Waals surface area contributed by atoms with E-state index in [1.807, 2.05) is 0 Å². The van der Waals surface area contributed by atoms with Gasteiger partial charge in [-0.05, 0) is 43.3 Å². The second-order valence-electron chi connectivity index (χ2n) is 5.33. The number of hydrogen-bond donors (Lipinski definition) is 1. The average Bonchev–Trinajstić information content (AvgIpc) is 3.12. The molecule has 1 amide bonds. The first kappa shape index (κ1) is 17.9. The quantitative estimate of drug-likeness (QED) is 0.658. The number of para-hydroxylation sites is 1. The van der Waals surface area contributed by atoms with E-state index in [1.165, 1.54) is 12.1 Å². The van der Waals surface area contributed by atoms with Crippen LogP contribution in [0.5, 0.6) is 5.75 Å². The summed E-state index contributed by atoms with van der Waals surface area (Å²) in [5.74, 6) is 0.222. The van der Waals surface area contributed by atoms with Crippen molar-refractivity contribution in [3.8, 4) is 17.2 Å². The number of thioether (sulfide) groups is 1. The molecular formula is C18H16FN3O3S. The van der Waals surface area contributed by atoms with Gasteiger partial charge in [0.05, 0.1) is 18.0 Å². The van der Waals surface area contributed by atoms with Crippen LogP contribution in [0.15, 0.2) is 58.2 Å². The van der Waals surface area contributed by atoms with Gasteiger partial charge in [-0.1, -0.05) is 23.9 Å². The van der Waals surface area contributed by atoms with Crippen LogP contribution in [0.2, 0.25) is 0 Å². The summed E-state index contributed by atoms with van der Waals surface area (Å²) in [6.45, 7) is 1.68. The lowest BCUT2D eigenvalue weighted by Crippen LogP contribution is -2.22. The van der Waals surface area contributed by atoms with E-state index in [0.29, 0.717) is 5.89 Å². The summed E-state index contributed by atoms with van der Waals surface area (Å²) in [4.78, 5) is 12.2. The lowest BCUT2D eigenvalue weighted by atomic mass is 10.2. The van der Waals surface area contributed by atoms with Crippen LogP contribution in [0.25, 0.3) is 11.5 Å². The molecule has 1 aromatic heterocycles. The van der Waals surface area contributed by atoms with E-state index in [-0.39, 0.29) is 16.8 Å². The molecule has 0 aliphatic carbocycles. The Hall–Kier alpha value is -2.87. The molecule has 134 valence electrons. The summed E-state index contributed by atoms with van der Waals surface area (Å²) in [7, 11) is 1.59. The molecule has 1 atom stereocenters. The Morgan fingerprint density at radius 3 is 2.62 bits per heavy atom. The van der Waals surface area contributed by atoms with Crippen molar-refractivity contribution in [3.63, 3.8) is 0 Å². The lowest BCUT2D eigenvalue weighted by Gasteiger charge is -2.10. The van der Waals surface area contributed by atoms with E-state index < -0.39 is 11.1 Å². The summed E-state index contributed by atoms with van der Waals surface area (Å²) in [5, 5.41) is 10.2. The molecule has 0 aliphatic heterocycles. The van der Waals surface area contributed by atoms with Crippen LogP contribution < -0.4 is 10.1 Å². The Bertz CT molecular complexity index is 899. The number of carbonyl (C=O) groups excluding carboxylic acids is 1. The maximum atomic E-state index is 13.6. The molecule has 1 N–H and O–H groups in total. The van der Waals surface area contributed by atoms with Crippen LogP contribution in [-0.4, -0.2) is 28.5 Å². The Labute approximate surface area is 153 Å². The highest BCUT2D eigenvalue weighted by atomic mass is 32.2. The Kier molecular flexibility index (Phi) is 5.52. The predicted octanol–water partition coefficient (Wildman–Crippen LogP) is 4.00. The highest BCUT2D eigenvalue weighted by Crippen LogP contribution is 2.27. The molecule has 8 heteroatoms. The van der Waals surface area contributed by atoms with E-state index >= 15 is 0 Å². The van der Waals surface area contributed by atoms with Crippen LogP contribution in [-0.2, 0) is 4.79 Å². The maximum Gasteiger partial charge on any atom is 0.277 e. The summed E-state index contributed by atoms with van der Waals surface area (Å²) in [5.41, 5.74) is 0.878. The number of nitrogens with zero attached hydrogens (tertiary/aromatic N) is 2. The standard InChI is InChI=1S/C18H16FN3O3S/c1-11(16(23)20-15-6-4-3-5-14(15)19)26-18-22-21-17(25-18)12-7-9-13(24-2)10-8-12/h3-11H,1-2H3,(H,20,23). The molecule has 6 nitrogen and oxygen atoms in total. The molecule has 0 bridgehead atoms. The molecule has 1 unspecified atom stereocenters. The third-order valence-electron chi connectivity index (χ3n) is 3.52. The SMILES string of the molecule is COc1ccc(-c2nnc(SC(C)C(=O)Nc3ccccc3F)o2)cc1. The molecule has 2 aromatic carbocycles. The van der Waals surface area contributed by atoms with E-state index in [9.17, 15) is 9.18 Å². The fraction of sp³-hybridized carbons (Fsp3) is 0.167. The van der Waals surface area contributed by atoms with Crippen molar-refractivity contribution in [3.05, 3.63) is 54.3 Å². The number of hydrogen-bond acceptors (Lipinski definition) is 6. The first-order valence-electron chi connectivity index (χ1n) is 7.77. The molecule has 0 saturated heterocycles. The fourth-order valence-electron chi connectivity index (χ4n) is 2.11. The van der Waals surface area contributed by atoms with E-state index in [0.717, 1.165) is 23.1 Å². The number of anilines is 1. The van der Waals surface area contributed by atoms with Gasteiger partial charge in [-0.15, -0.1) is 10.2 Å². The normalized spacial score (nSPS) is 11.8.